The molecule has 0 aromatic rings. The molecule has 0 radical (unpaired) electrons. The fraction of sp³-hybridized carbons (Fsp3) is 1.00. The molecule has 0 spiro atoms. The van der Waals surface area contributed by atoms with Crippen molar-refractivity contribution >= 4 is 0 Å². The van der Waals surface area contributed by atoms with Crippen LogP contribution in [0.3, 0.4) is 0 Å². The van der Waals surface area contributed by atoms with Crippen LogP contribution in [0.1, 0.15) is 63.9 Å². The van der Waals surface area contributed by atoms with Crippen LogP contribution in [0.4, 0.5) is 0 Å². The third-order valence-electron chi connectivity index (χ3n) is 0.375. The monoisotopic (exact) mass is 147 g/mol. The van der Waals surface area contributed by atoms with Gasteiger partial charge in [-0.2, -0.15) is 0 Å². The molecule has 1 N–H and O–H groups in total. The van der Waals surface area contributed by atoms with E-state index in [2.05, 4.69) is 0 Å². The van der Waals surface area contributed by atoms with Gasteiger partial charge in [0.15, 0.2) is 0 Å². The van der Waals surface area contributed by atoms with Gasteiger partial charge in [0, 0.05) is 24.7 Å². The molecule has 1 nitrogen and oxygen atoms in total. The van der Waals surface area contributed by atoms with E-state index in [1.165, 1.54) is 0 Å². The molecule has 0 bridgehead atoms. The SMILES string of the molecule is [2H]C([2H])([2H])C([2H])([2H])C([2H])([2H])C([2H])([2H])NC([2H])([2H])C([2H])([2H])C([2H])([2H])C([2H])([2H])[2H]. The third-order valence-corrected chi connectivity index (χ3v) is 0.375. The lowest BCUT2D eigenvalue weighted by Gasteiger charge is -1.99. The van der Waals surface area contributed by atoms with Crippen LogP contribution in [0.2, 0.25) is 0 Å². The maximum absolute atomic E-state index is 7.58. The van der Waals surface area contributed by atoms with Crippen molar-refractivity contribution in [2.45, 2.75) is 39.2 Å². The molecule has 0 heterocycles. The van der Waals surface area contributed by atoms with Crippen LogP contribution in [0, 0.1) is 0 Å². The second-order valence-electron chi connectivity index (χ2n) is 0.875. The van der Waals surface area contributed by atoms with E-state index in [9.17, 15) is 0 Å². The zero-order chi connectivity index (χ0) is 22.7. The molecule has 0 atom stereocenters. The lowest BCUT2D eigenvalue weighted by molar-refractivity contribution is 0.611. The van der Waals surface area contributed by atoms with Crippen LogP contribution in [0.25, 0.3) is 0 Å². The van der Waals surface area contributed by atoms with Crippen molar-refractivity contribution in [3.05, 3.63) is 0 Å². The summed E-state index contributed by atoms with van der Waals surface area (Å²) < 4.78 is 132. The summed E-state index contributed by atoms with van der Waals surface area (Å²) in [5.41, 5.74) is 0. The van der Waals surface area contributed by atoms with Gasteiger partial charge in [0.05, 0.1) is 0 Å². The number of hydrogen-bond donors (Lipinski definition) is 1. The second kappa shape index (κ2) is 7.96. The molecule has 9 heavy (non-hydrogen) atoms. The standard InChI is InChI=1S/C8H19N/c1-3-5-7-9-8-6-4-2/h9H,3-8H2,1-2H3/i1D3,2D3,3D2,4D2,5D2,6D2,7D2,8D2. The van der Waals surface area contributed by atoms with Crippen molar-refractivity contribution in [2.75, 3.05) is 13.0 Å². The van der Waals surface area contributed by atoms with Crippen LogP contribution in [-0.4, -0.2) is 13.0 Å². The number of hydrogen-bond acceptors (Lipinski definition) is 1. The Bertz CT molecular complexity index is 489. The van der Waals surface area contributed by atoms with Gasteiger partial charge in [-0.3, -0.25) is 0 Å². The van der Waals surface area contributed by atoms with Crippen molar-refractivity contribution in [1.29, 1.82) is 0 Å². The van der Waals surface area contributed by atoms with Gasteiger partial charge in [0.2, 0.25) is 0 Å². The summed E-state index contributed by atoms with van der Waals surface area (Å²) in [6.07, 6.45) is -15.7. The summed E-state index contributed by atoms with van der Waals surface area (Å²) in [6, 6.07) is 0. The first-order chi connectivity index (χ1) is 11.2. The zero-order valence-corrected chi connectivity index (χ0v) is 4.50. The van der Waals surface area contributed by atoms with Crippen LogP contribution >= 0.6 is 0 Å². The minimum Gasteiger partial charge on any atom is -0.317 e. The highest BCUT2D eigenvalue weighted by atomic mass is 14.8. The van der Waals surface area contributed by atoms with Crippen LogP contribution in [0.5, 0.6) is 0 Å². The fourth-order valence-electron chi connectivity index (χ4n) is 0.156. The predicted molar refractivity (Wildman–Crippen MR) is 42.7 cm³/mol. The van der Waals surface area contributed by atoms with E-state index < -0.39 is 52.2 Å². The molecule has 0 rings (SSSR count). The van der Waals surface area contributed by atoms with Crippen LogP contribution in [0.15, 0.2) is 0 Å². The van der Waals surface area contributed by atoms with E-state index in [0.717, 1.165) is 5.32 Å². The highest BCUT2D eigenvalue weighted by molar-refractivity contribution is 4.45. The van der Waals surface area contributed by atoms with Crippen molar-refractivity contribution in [3.8, 4) is 0 Å². The molecule has 56 valence electrons. The molecular formula is C8H19N. The Hall–Kier alpha value is -0.0400. The summed E-state index contributed by atoms with van der Waals surface area (Å²) in [6.45, 7) is -15.2. The topological polar surface area (TPSA) is 12.0 Å². The average Bonchev–Trinajstić information content (AvgIpc) is 2.33. The molecule has 1 heteroatoms. The van der Waals surface area contributed by atoms with Gasteiger partial charge in [-0.25, -0.2) is 0 Å². The molecule has 0 saturated carbocycles. The summed E-state index contributed by atoms with van der Waals surface area (Å²) in [5, 5.41) is 1.11. The third kappa shape index (κ3) is 7.96. The Kier molecular flexibility index (Phi) is 0.745. The maximum Gasteiger partial charge on any atom is 0.0428 e. The van der Waals surface area contributed by atoms with Crippen molar-refractivity contribution in [3.63, 3.8) is 0 Å². The predicted octanol–water partition coefficient (Wildman–Crippen LogP) is 2.18. The summed E-state index contributed by atoms with van der Waals surface area (Å²) in [4.78, 5) is 0. The van der Waals surface area contributed by atoms with Crippen molar-refractivity contribution in [2.24, 2.45) is 0 Å². The Morgan fingerprint density at radius 1 is 1.22 bits per heavy atom. The molecular weight excluding hydrogens is 110 g/mol. The molecule has 0 aromatic heterocycles. The smallest absolute Gasteiger partial charge is 0.0428 e. The molecule has 0 fully saturated rings. The van der Waals surface area contributed by atoms with E-state index >= 15 is 0 Å². The van der Waals surface area contributed by atoms with E-state index in [1.807, 2.05) is 0 Å². The van der Waals surface area contributed by atoms with Gasteiger partial charge in [-0.15, -0.1) is 0 Å². The number of rotatable bonds is 6. The summed E-state index contributed by atoms with van der Waals surface area (Å²) >= 11 is 0. The van der Waals surface area contributed by atoms with Gasteiger partial charge in [0.25, 0.3) is 0 Å². The molecule has 0 aromatic carbocycles. The quantitative estimate of drug-likeness (QED) is 0.607. The highest BCUT2D eigenvalue weighted by Crippen LogP contribution is 1.85. The van der Waals surface area contributed by atoms with Crippen molar-refractivity contribution < 1.29 is 24.7 Å². The first kappa shape index (κ1) is 0.842. The molecule has 0 amide bonds. The molecule has 0 aliphatic rings. The molecule has 0 unspecified atom stereocenters. The van der Waals surface area contributed by atoms with Crippen molar-refractivity contribution in [1.82, 2.24) is 5.32 Å². The van der Waals surface area contributed by atoms with Gasteiger partial charge in [-0.05, 0) is 25.7 Å². The molecule has 0 aliphatic heterocycles. The van der Waals surface area contributed by atoms with Crippen LogP contribution < -0.4 is 5.32 Å². The second-order valence-corrected chi connectivity index (χ2v) is 0.875. The highest BCUT2D eigenvalue weighted by Gasteiger charge is 1.83. The van der Waals surface area contributed by atoms with Gasteiger partial charge in [-0.1, -0.05) is 26.4 Å². The van der Waals surface area contributed by atoms with Gasteiger partial charge in [0.1, 0.15) is 0 Å². The zero-order valence-electron chi connectivity index (χ0n) is 22.5. The lowest BCUT2D eigenvalue weighted by Crippen LogP contribution is -2.15. The van der Waals surface area contributed by atoms with Gasteiger partial charge < -0.3 is 5.32 Å². The normalized spacial score (nSPS) is 52.0. The van der Waals surface area contributed by atoms with Crippen LogP contribution in [-0.2, 0) is 0 Å². The number of nitrogens with one attached hydrogen (secondary N) is 1. The minimum atomic E-state index is -3.97. The molecule has 0 saturated heterocycles. The minimum absolute atomic E-state index is 1.11. The first-order valence-corrected chi connectivity index (χ1v) is 2.00. The Morgan fingerprint density at radius 3 is 2.22 bits per heavy atom. The van der Waals surface area contributed by atoms with E-state index in [1.54, 1.807) is 0 Å². The molecule has 0 aliphatic carbocycles. The largest absolute Gasteiger partial charge is 0.317 e. The Balaban J connectivity index is 6.19. The van der Waals surface area contributed by atoms with E-state index in [-0.39, 0.29) is 0 Å². The van der Waals surface area contributed by atoms with E-state index in [4.69, 9.17) is 24.7 Å². The van der Waals surface area contributed by atoms with E-state index in [0.29, 0.717) is 0 Å². The Labute approximate surface area is 84.1 Å². The fourth-order valence-corrected chi connectivity index (χ4v) is 0.156. The maximum atomic E-state index is 7.58. The first-order valence-electron chi connectivity index (χ1n) is 11.0. The average molecular weight is 147 g/mol. The van der Waals surface area contributed by atoms with Gasteiger partial charge >= 0.3 is 0 Å². The summed E-state index contributed by atoms with van der Waals surface area (Å²) in [5.74, 6) is 0. The Morgan fingerprint density at radius 2 is 1.78 bits per heavy atom. The lowest BCUT2D eigenvalue weighted by atomic mass is 10.3. The summed E-state index contributed by atoms with van der Waals surface area (Å²) in [7, 11) is 0.